The number of pyridine rings is 1. The zero-order valence-corrected chi connectivity index (χ0v) is 11.1. The normalized spacial score (nSPS) is 20.4. The second-order valence-electron chi connectivity index (χ2n) is 5.68. The van der Waals surface area contributed by atoms with Crippen LogP contribution in [0.1, 0.15) is 50.8 Å². The molecule has 0 radical (unpaired) electrons. The number of nitrogens with zero attached hydrogens (tertiary/aromatic N) is 1. The molecular formula is C15H24N2. The molecule has 2 N–H and O–H groups in total. The molecular weight excluding hydrogens is 208 g/mol. The lowest BCUT2D eigenvalue weighted by Crippen LogP contribution is -2.39. The van der Waals surface area contributed by atoms with Crippen LogP contribution in [0.25, 0.3) is 0 Å². The van der Waals surface area contributed by atoms with E-state index in [9.17, 15) is 0 Å². The van der Waals surface area contributed by atoms with E-state index in [4.69, 9.17) is 5.73 Å². The highest BCUT2D eigenvalue weighted by molar-refractivity contribution is 5.15. The van der Waals surface area contributed by atoms with Crippen LogP contribution in [0, 0.1) is 5.41 Å². The zero-order valence-electron chi connectivity index (χ0n) is 11.1. The lowest BCUT2D eigenvalue weighted by atomic mass is 9.79. The molecule has 1 aliphatic rings. The van der Waals surface area contributed by atoms with Gasteiger partial charge in [0.15, 0.2) is 0 Å². The van der Waals surface area contributed by atoms with Gasteiger partial charge in [-0.15, -0.1) is 0 Å². The molecule has 0 bridgehead atoms. The van der Waals surface area contributed by atoms with Crippen molar-refractivity contribution in [2.24, 2.45) is 11.1 Å². The van der Waals surface area contributed by atoms with E-state index in [0.717, 1.165) is 18.5 Å². The maximum absolute atomic E-state index is 6.38. The fraction of sp³-hybridized carbons (Fsp3) is 0.667. The van der Waals surface area contributed by atoms with Crippen LogP contribution in [0.5, 0.6) is 0 Å². The van der Waals surface area contributed by atoms with Gasteiger partial charge >= 0.3 is 0 Å². The standard InChI is InChI=1S/C15H24N2/c1-3-12-6-7-13(17-11-12)10-14(16)15(2)8-4-5-9-15/h6-7,11,14H,3-5,8-10,16H2,1-2H3. The first-order valence-corrected chi connectivity index (χ1v) is 6.83. The van der Waals surface area contributed by atoms with E-state index in [1.807, 2.05) is 6.20 Å². The molecule has 0 spiro atoms. The summed E-state index contributed by atoms with van der Waals surface area (Å²) in [5.74, 6) is 0. The molecule has 1 fully saturated rings. The van der Waals surface area contributed by atoms with Gasteiger partial charge in [0.1, 0.15) is 0 Å². The molecule has 1 heterocycles. The summed E-state index contributed by atoms with van der Waals surface area (Å²) in [4.78, 5) is 4.51. The minimum atomic E-state index is 0.255. The summed E-state index contributed by atoms with van der Waals surface area (Å²) in [6.07, 6.45) is 9.19. The van der Waals surface area contributed by atoms with Gasteiger partial charge in [-0.05, 0) is 36.3 Å². The Morgan fingerprint density at radius 2 is 2.06 bits per heavy atom. The molecule has 1 atom stereocenters. The molecule has 1 aromatic rings. The van der Waals surface area contributed by atoms with Gasteiger partial charge in [0, 0.05) is 24.4 Å². The quantitative estimate of drug-likeness (QED) is 0.866. The van der Waals surface area contributed by atoms with Crippen LogP contribution in [0.3, 0.4) is 0 Å². The number of aromatic nitrogens is 1. The van der Waals surface area contributed by atoms with Crippen LogP contribution >= 0.6 is 0 Å². The molecule has 2 heteroatoms. The first-order valence-electron chi connectivity index (χ1n) is 6.83. The second-order valence-corrected chi connectivity index (χ2v) is 5.68. The molecule has 0 amide bonds. The van der Waals surface area contributed by atoms with Crippen LogP contribution in [0.2, 0.25) is 0 Å². The zero-order chi connectivity index (χ0) is 12.3. The van der Waals surface area contributed by atoms with Crippen molar-refractivity contribution < 1.29 is 0 Å². The van der Waals surface area contributed by atoms with E-state index >= 15 is 0 Å². The number of nitrogens with two attached hydrogens (primary N) is 1. The molecule has 17 heavy (non-hydrogen) atoms. The number of aryl methyl sites for hydroxylation is 1. The monoisotopic (exact) mass is 232 g/mol. The average Bonchev–Trinajstić information content (AvgIpc) is 2.78. The molecule has 1 aromatic heterocycles. The smallest absolute Gasteiger partial charge is 0.0419 e. The molecule has 1 aliphatic carbocycles. The summed E-state index contributed by atoms with van der Waals surface area (Å²) in [6.45, 7) is 4.49. The Labute approximate surface area is 105 Å². The fourth-order valence-electron chi connectivity index (χ4n) is 2.81. The van der Waals surface area contributed by atoms with E-state index in [2.05, 4.69) is 31.0 Å². The Balaban J connectivity index is 1.99. The Morgan fingerprint density at radius 3 is 2.59 bits per heavy atom. The molecule has 1 saturated carbocycles. The van der Waals surface area contributed by atoms with Crippen molar-refractivity contribution in [3.05, 3.63) is 29.6 Å². The van der Waals surface area contributed by atoms with Gasteiger partial charge in [-0.25, -0.2) is 0 Å². The van der Waals surface area contributed by atoms with Gasteiger partial charge in [-0.3, -0.25) is 4.98 Å². The summed E-state index contributed by atoms with van der Waals surface area (Å²) < 4.78 is 0. The highest BCUT2D eigenvalue weighted by Crippen LogP contribution is 2.40. The molecule has 0 aliphatic heterocycles. The van der Waals surface area contributed by atoms with Crippen molar-refractivity contribution in [3.63, 3.8) is 0 Å². The maximum Gasteiger partial charge on any atom is 0.0419 e. The van der Waals surface area contributed by atoms with Crippen LogP contribution in [-0.2, 0) is 12.8 Å². The predicted octanol–water partition coefficient (Wildman–Crippen LogP) is 3.09. The lowest BCUT2D eigenvalue weighted by molar-refractivity contribution is 0.259. The third-order valence-corrected chi connectivity index (χ3v) is 4.36. The van der Waals surface area contributed by atoms with Gasteiger partial charge in [-0.1, -0.05) is 32.8 Å². The second kappa shape index (κ2) is 5.18. The number of rotatable bonds is 4. The van der Waals surface area contributed by atoms with Crippen LogP contribution in [0.15, 0.2) is 18.3 Å². The van der Waals surface area contributed by atoms with Crippen LogP contribution < -0.4 is 5.73 Å². The van der Waals surface area contributed by atoms with Gasteiger partial charge in [-0.2, -0.15) is 0 Å². The lowest BCUT2D eigenvalue weighted by Gasteiger charge is -2.31. The predicted molar refractivity (Wildman–Crippen MR) is 71.9 cm³/mol. The SMILES string of the molecule is CCc1ccc(CC(N)C2(C)CCCC2)nc1. The maximum atomic E-state index is 6.38. The van der Waals surface area contributed by atoms with Crippen molar-refractivity contribution in [2.75, 3.05) is 0 Å². The first-order chi connectivity index (χ1) is 8.14. The van der Waals surface area contributed by atoms with Crippen LogP contribution in [-0.4, -0.2) is 11.0 Å². The van der Waals surface area contributed by atoms with E-state index < -0.39 is 0 Å². The Morgan fingerprint density at radius 1 is 1.35 bits per heavy atom. The minimum Gasteiger partial charge on any atom is -0.327 e. The van der Waals surface area contributed by atoms with Crippen molar-refractivity contribution in [2.45, 2.75) is 58.4 Å². The van der Waals surface area contributed by atoms with E-state index in [0.29, 0.717) is 5.41 Å². The minimum absolute atomic E-state index is 0.255. The van der Waals surface area contributed by atoms with Crippen molar-refractivity contribution in [3.8, 4) is 0 Å². The summed E-state index contributed by atoms with van der Waals surface area (Å²) in [5, 5.41) is 0. The van der Waals surface area contributed by atoms with Crippen LogP contribution in [0.4, 0.5) is 0 Å². The molecule has 0 saturated heterocycles. The molecule has 2 rings (SSSR count). The summed E-state index contributed by atoms with van der Waals surface area (Å²) in [7, 11) is 0. The number of hydrogen-bond donors (Lipinski definition) is 1. The first kappa shape index (κ1) is 12.6. The summed E-state index contributed by atoms with van der Waals surface area (Å²) >= 11 is 0. The molecule has 2 nitrogen and oxygen atoms in total. The molecule has 1 unspecified atom stereocenters. The Bertz CT molecular complexity index is 350. The van der Waals surface area contributed by atoms with Crippen molar-refractivity contribution in [1.82, 2.24) is 4.98 Å². The van der Waals surface area contributed by atoms with E-state index in [-0.39, 0.29) is 6.04 Å². The fourth-order valence-corrected chi connectivity index (χ4v) is 2.81. The third kappa shape index (κ3) is 2.86. The highest BCUT2D eigenvalue weighted by atomic mass is 14.7. The van der Waals surface area contributed by atoms with E-state index in [1.165, 1.54) is 31.2 Å². The average molecular weight is 232 g/mol. The number of hydrogen-bond acceptors (Lipinski definition) is 2. The Hall–Kier alpha value is -0.890. The largest absolute Gasteiger partial charge is 0.327 e. The molecule has 0 aromatic carbocycles. The van der Waals surface area contributed by atoms with Gasteiger partial charge < -0.3 is 5.73 Å². The summed E-state index contributed by atoms with van der Waals surface area (Å²) in [6, 6.07) is 4.56. The van der Waals surface area contributed by atoms with Gasteiger partial charge in [0.25, 0.3) is 0 Å². The van der Waals surface area contributed by atoms with Gasteiger partial charge in [0.05, 0.1) is 0 Å². The third-order valence-electron chi connectivity index (χ3n) is 4.36. The van der Waals surface area contributed by atoms with Crippen molar-refractivity contribution >= 4 is 0 Å². The molecule has 94 valence electrons. The highest BCUT2D eigenvalue weighted by Gasteiger charge is 2.34. The van der Waals surface area contributed by atoms with Crippen molar-refractivity contribution in [1.29, 1.82) is 0 Å². The topological polar surface area (TPSA) is 38.9 Å². The van der Waals surface area contributed by atoms with E-state index in [1.54, 1.807) is 0 Å². The summed E-state index contributed by atoms with van der Waals surface area (Å²) in [5.41, 5.74) is 9.16. The van der Waals surface area contributed by atoms with Gasteiger partial charge in [0.2, 0.25) is 0 Å². The Kier molecular flexibility index (Phi) is 3.82.